The third kappa shape index (κ3) is 3.76. The summed E-state index contributed by atoms with van der Waals surface area (Å²) in [6.45, 7) is 0.410. The molecule has 0 atom stereocenters. The zero-order chi connectivity index (χ0) is 17.8. The molecule has 0 spiro atoms. The van der Waals surface area contributed by atoms with Gasteiger partial charge in [-0.1, -0.05) is 35.9 Å². The highest BCUT2D eigenvalue weighted by Gasteiger charge is 2.05. The van der Waals surface area contributed by atoms with E-state index in [2.05, 4.69) is 9.97 Å². The van der Waals surface area contributed by atoms with Crippen LogP contribution in [0.1, 0.15) is 17.1 Å². The fraction of sp³-hybridized carbons (Fsp3) is 0.0476. The lowest BCUT2D eigenvalue weighted by Crippen LogP contribution is -1.98. The predicted molar refractivity (Wildman–Crippen MR) is 103 cm³/mol. The monoisotopic (exact) mass is 362 g/mol. The van der Waals surface area contributed by atoms with Crippen LogP contribution < -0.4 is 4.74 Å². The smallest absolute Gasteiger partial charge is 0.220 e. The molecule has 0 N–H and O–H groups in total. The maximum atomic E-state index is 5.99. The number of hydrogen-bond acceptors (Lipinski definition) is 4. The quantitative estimate of drug-likeness (QED) is 0.462. The van der Waals surface area contributed by atoms with Crippen molar-refractivity contribution in [2.24, 2.45) is 0 Å². The molecule has 0 unspecified atom stereocenters. The summed E-state index contributed by atoms with van der Waals surface area (Å²) in [5.74, 6) is 1.29. The first-order valence-electron chi connectivity index (χ1n) is 8.14. The van der Waals surface area contributed by atoms with Gasteiger partial charge in [0.2, 0.25) is 5.89 Å². The molecule has 0 saturated heterocycles. The van der Waals surface area contributed by atoms with Crippen LogP contribution in [0.4, 0.5) is 0 Å². The van der Waals surface area contributed by atoms with Crippen LogP contribution in [0.5, 0.6) is 5.75 Å². The summed E-state index contributed by atoms with van der Waals surface area (Å²) in [6.07, 6.45) is 5.49. The van der Waals surface area contributed by atoms with Gasteiger partial charge < -0.3 is 9.15 Å². The highest BCUT2D eigenvalue weighted by Crippen LogP contribution is 2.24. The average Bonchev–Trinajstić information content (AvgIpc) is 3.08. The molecule has 0 aliphatic carbocycles. The van der Waals surface area contributed by atoms with Crippen LogP contribution in [0, 0.1) is 0 Å². The highest BCUT2D eigenvalue weighted by atomic mass is 35.5. The molecule has 4 rings (SSSR count). The van der Waals surface area contributed by atoms with E-state index >= 15 is 0 Å². The van der Waals surface area contributed by atoms with Crippen molar-refractivity contribution in [2.75, 3.05) is 0 Å². The van der Waals surface area contributed by atoms with Crippen molar-refractivity contribution >= 4 is 34.9 Å². The maximum absolute atomic E-state index is 5.99. The second kappa shape index (κ2) is 7.42. The lowest BCUT2D eigenvalue weighted by molar-refractivity contribution is 0.300. The largest absolute Gasteiger partial charge is 0.487 e. The minimum atomic E-state index is 0.410. The van der Waals surface area contributed by atoms with Gasteiger partial charge in [0.05, 0.1) is 5.69 Å². The van der Waals surface area contributed by atoms with Gasteiger partial charge in [-0.05, 0) is 42.5 Å². The zero-order valence-corrected chi connectivity index (χ0v) is 14.6. The summed E-state index contributed by atoms with van der Waals surface area (Å²) in [5, 5.41) is 0.634. The van der Waals surface area contributed by atoms with Crippen molar-refractivity contribution in [1.82, 2.24) is 9.97 Å². The van der Waals surface area contributed by atoms with Crippen LogP contribution in [-0.4, -0.2) is 9.97 Å². The van der Waals surface area contributed by atoms with E-state index in [4.69, 9.17) is 20.8 Å². The van der Waals surface area contributed by atoms with Crippen molar-refractivity contribution in [3.05, 3.63) is 89.0 Å². The topological polar surface area (TPSA) is 48.2 Å². The zero-order valence-electron chi connectivity index (χ0n) is 13.8. The molecular weight excluding hydrogens is 348 g/mol. The van der Waals surface area contributed by atoms with Crippen molar-refractivity contribution in [3.8, 4) is 5.75 Å². The van der Waals surface area contributed by atoms with Crippen molar-refractivity contribution < 1.29 is 9.15 Å². The summed E-state index contributed by atoms with van der Waals surface area (Å²) in [7, 11) is 0. The molecule has 0 amide bonds. The van der Waals surface area contributed by atoms with Gasteiger partial charge in [-0.2, -0.15) is 0 Å². The SMILES string of the molecule is Clc1ccc2oc(C=Cc3ccccc3OCc3ccccn3)nc2c1. The highest BCUT2D eigenvalue weighted by molar-refractivity contribution is 6.31. The molecule has 26 heavy (non-hydrogen) atoms. The molecule has 0 aliphatic heterocycles. The van der Waals surface area contributed by atoms with Gasteiger partial charge in [-0.25, -0.2) is 4.98 Å². The van der Waals surface area contributed by atoms with Gasteiger partial charge >= 0.3 is 0 Å². The Kier molecular flexibility index (Phi) is 4.67. The Bertz CT molecular complexity index is 1060. The number of para-hydroxylation sites is 1. The van der Waals surface area contributed by atoms with Gasteiger partial charge in [0.1, 0.15) is 17.9 Å². The first-order valence-corrected chi connectivity index (χ1v) is 8.52. The Morgan fingerprint density at radius 3 is 2.77 bits per heavy atom. The Hall–Kier alpha value is -3.11. The van der Waals surface area contributed by atoms with E-state index in [1.165, 1.54) is 0 Å². The van der Waals surface area contributed by atoms with Crippen molar-refractivity contribution in [3.63, 3.8) is 0 Å². The normalized spacial score (nSPS) is 11.3. The number of hydrogen-bond donors (Lipinski definition) is 0. The lowest BCUT2D eigenvalue weighted by atomic mass is 10.2. The Morgan fingerprint density at radius 1 is 1.00 bits per heavy atom. The summed E-state index contributed by atoms with van der Waals surface area (Å²) in [5.41, 5.74) is 3.25. The summed E-state index contributed by atoms with van der Waals surface area (Å²) >= 11 is 5.99. The molecule has 4 aromatic rings. The lowest BCUT2D eigenvalue weighted by Gasteiger charge is -2.08. The molecular formula is C21H15ClN2O2. The van der Waals surface area contributed by atoms with Gasteiger partial charge in [-0.3, -0.25) is 4.98 Å². The van der Waals surface area contributed by atoms with Gasteiger partial charge in [0, 0.05) is 22.9 Å². The second-order valence-corrected chi connectivity index (χ2v) is 6.08. The molecule has 2 aromatic carbocycles. The number of benzene rings is 2. The number of rotatable bonds is 5. The number of halogens is 1. The van der Waals surface area contributed by atoms with Crippen LogP contribution in [0.15, 0.2) is 71.3 Å². The number of pyridine rings is 1. The fourth-order valence-corrected chi connectivity index (χ4v) is 2.70. The van der Waals surface area contributed by atoms with Gasteiger partial charge in [0.25, 0.3) is 0 Å². The molecule has 0 bridgehead atoms. The molecule has 2 aromatic heterocycles. The van der Waals surface area contributed by atoms with Crippen molar-refractivity contribution in [1.29, 1.82) is 0 Å². The average molecular weight is 363 g/mol. The molecule has 5 heteroatoms. The van der Waals surface area contributed by atoms with E-state index in [9.17, 15) is 0 Å². The number of nitrogens with zero attached hydrogens (tertiary/aromatic N) is 2. The number of aromatic nitrogens is 2. The molecule has 0 radical (unpaired) electrons. The number of fused-ring (bicyclic) bond motifs is 1. The molecule has 128 valence electrons. The molecule has 0 fully saturated rings. The molecule has 0 aliphatic rings. The Balaban J connectivity index is 1.54. The number of ether oxygens (including phenoxy) is 1. The van der Waals surface area contributed by atoms with E-state index in [1.807, 2.05) is 60.7 Å². The van der Waals surface area contributed by atoms with Crippen LogP contribution in [0.2, 0.25) is 5.02 Å². The number of oxazole rings is 1. The minimum absolute atomic E-state index is 0.410. The third-order valence-corrected chi connectivity index (χ3v) is 4.03. The molecule has 2 heterocycles. The Labute approximate surface area is 155 Å². The van der Waals surface area contributed by atoms with Gasteiger partial charge in [0.15, 0.2) is 5.58 Å². The maximum Gasteiger partial charge on any atom is 0.220 e. The van der Waals surface area contributed by atoms with Gasteiger partial charge in [-0.15, -0.1) is 0 Å². The van der Waals surface area contributed by atoms with E-state index in [0.29, 0.717) is 23.1 Å². The standard InChI is InChI=1S/C21H15ClN2O2/c22-16-9-10-20-18(13-16)24-21(26-20)11-8-15-5-1-2-7-19(15)25-14-17-6-3-4-12-23-17/h1-13H,14H2. The summed E-state index contributed by atoms with van der Waals surface area (Å²) in [4.78, 5) is 8.69. The predicted octanol–water partition coefficient (Wildman–Crippen LogP) is 5.63. The molecule has 4 nitrogen and oxygen atoms in total. The van der Waals surface area contributed by atoms with Crippen molar-refractivity contribution in [2.45, 2.75) is 6.61 Å². The first kappa shape index (κ1) is 16.4. The van der Waals surface area contributed by atoms with E-state index in [0.717, 1.165) is 22.5 Å². The van der Waals surface area contributed by atoms with Crippen LogP contribution in [0.25, 0.3) is 23.3 Å². The fourth-order valence-electron chi connectivity index (χ4n) is 2.54. The summed E-state index contributed by atoms with van der Waals surface area (Å²) in [6, 6.07) is 18.9. The third-order valence-electron chi connectivity index (χ3n) is 3.79. The minimum Gasteiger partial charge on any atom is -0.487 e. The van der Waals surface area contributed by atoms with Crippen LogP contribution >= 0.6 is 11.6 Å². The van der Waals surface area contributed by atoms with E-state index in [1.54, 1.807) is 18.3 Å². The van der Waals surface area contributed by atoms with Crippen LogP contribution in [0.3, 0.4) is 0 Å². The summed E-state index contributed by atoms with van der Waals surface area (Å²) < 4.78 is 11.6. The van der Waals surface area contributed by atoms with E-state index < -0.39 is 0 Å². The first-order chi connectivity index (χ1) is 12.8. The van der Waals surface area contributed by atoms with Crippen LogP contribution in [-0.2, 0) is 6.61 Å². The second-order valence-electron chi connectivity index (χ2n) is 5.65. The molecule has 0 saturated carbocycles. The van der Waals surface area contributed by atoms with E-state index in [-0.39, 0.29) is 0 Å². The Morgan fingerprint density at radius 2 is 1.88 bits per heavy atom.